The van der Waals surface area contributed by atoms with Crippen molar-refractivity contribution in [3.63, 3.8) is 0 Å². The summed E-state index contributed by atoms with van der Waals surface area (Å²) in [6, 6.07) is 11.7. The Kier molecular flexibility index (Phi) is 5.39. The molecule has 0 radical (unpaired) electrons. The molecule has 2 heterocycles. The number of hydrogen-bond acceptors (Lipinski definition) is 6. The normalized spacial score (nSPS) is 19.1. The molecule has 122 valence electrons. The lowest BCUT2D eigenvalue weighted by molar-refractivity contribution is 0.0875. The van der Waals surface area contributed by atoms with Gasteiger partial charge >= 0.3 is 0 Å². The lowest BCUT2D eigenvalue weighted by Crippen LogP contribution is -2.30. The Balaban J connectivity index is 1.55. The van der Waals surface area contributed by atoms with E-state index in [4.69, 9.17) is 4.74 Å². The van der Waals surface area contributed by atoms with E-state index in [0.717, 1.165) is 30.8 Å². The number of rotatable bonds is 6. The zero-order valence-corrected chi connectivity index (χ0v) is 13.0. The Hall–Kier alpha value is -2.18. The second kappa shape index (κ2) is 7.89. The molecule has 3 rings (SSSR count). The first-order valence-electron chi connectivity index (χ1n) is 7.94. The fourth-order valence-electron chi connectivity index (χ4n) is 2.59. The number of aliphatic hydroxyl groups is 1. The van der Waals surface area contributed by atoms with Crippen molar-refractivity contribution in [3.05, 3.63) is 48.3 Å². The van der Waals surface area contributed by atoms with Gasteiger partial charge in [-0.1, -0.05) is 30.3 Å². The van der Waals surface area contributed by atoms with E-state index in [2.05, 4.69) is 20.6 Å². The zero-order valence-electron chi connectivity index (χ0n) is 13.0. The summed E-state index contributed by atoms with van der Waals surface area (Å²) in [6.07, 6.45) is 3.09. The molecule has 1 aromatic heterocycles. The smallest absolute Gasteiger partial charge is 0.131 e. The molecule has 0 aliphatic carbocycles. The number of aliphatic hydroxyl groups excluding tert-OH is 1. The average molecular weight is 314 g/mol. The Morgan fingerprint density at radius 2 is 2.04 bits per heavy atom. The van der Waals surface area contributed by atoms with Gasteiger partial charge in [0.05, 0.1) is 18.8 Å². The number of ether oxygens (including phenoxy) is 1. The van der Waals surface area contributed by atoms with Gasteiger partial charge in [0.25, 0.3) is 0 Å². The first kappa shape index (κ1) is 15.7. The zero-order chi connectivity index (χ0) is 15.9. The van der Waals surface area contributed by atoms with Gasteiger partial charge in [-0.3, -0.25) is 0 Å². The molecule has 6 nitrogen and oxygen atoms in total. The summed E-state index contributed by atoms with van der Waals surface area (Å²) < 4.78 is 5.46. The second-order valence-electron chi connectivity index (χ2n) is 5.65. The summed E-state index contributed by atoms with van der Waals surface area (Å²) >= 11 is 0. The van der Waals surface area contributed by atoms with Gasteiger partial charge < -0.3 is 20.5 Å². The molecule has 1 saturated heterocycles. The number of hydrogen-bond donors (Lipinski definition) is 3. The van der Waals surface area contributed by atoms with Gasteiger partial charge in [-0.15, -0.1) is 0 Å². The predicted molar refractivity (Wildman–Crippen MR) is 89.4 cm³/mol. The third kappa shape index (κ3) is 4.64. The van der Waals surface area contributed by atoms with E-state index in [1.807, 2.05) is 36.4 Å². The quantitative estimate of drug-likeness (QED) is 0.759. The van der Waals surface area contributed by atoms with Crippen LogP contribution in [0, 0.1) is 0 Å². The minimum Gasteiger partial charge on any atom is -0.387 e. The standard InChI is InChI=1S/C17H22N4O2/c22-15(13-5-2-1-3-6-13)10-18-16-9-17(20-12-19-16)21-14-7-4-8-23-11-14/h1-3,5-6,9,12,14-15,22H,4,7-8,10-11H2,(H2,18,19,20,21)/t14-,15+/m1/s1. The van der Waals surface area contributed by atoms with Gasteiger partial charge in [0.15, 0.2) is 0 Å². The summed E-state index contributed by atoms with van der Waals surface area (Å²) in [5.74, 6) is 1.46. The third-order valence-electron chi connectivity index (χ3n) is 3.84. The van der Waals surface area contributed by atoms with Gasteiger partial charge in [-0.2, -0.15) is 0 Å². The van der Waals surface area contributed by atoms with E-state index in [-0.39, 0.29) is 0 Å². The first-order chi connectivity index (χ1) is 11.3. The SMILES string of the molecule is O[C@@H](CNc1cc(N[C@@H]2CCCOC2)ncn1)c1ccccc1. The van der Waals surface area contributed by atoms with Crippen LogP contribution in [-0.4, -0.2) is 40.9 Å². The van der Waals surface area contributed by atoms with E-state index in [9.17, 15) is 5.11 Å². The maximum Gasteiger partial charge on any atom is 0.131 e. The van der Waals surface area contributed by atoms with Gasteiger partial charge in [0.2, 0.25) is 0 Å². The van der Waals surface area contributed by atoms with Crippen LogP contribution < -0.4 is 10.6 Å². The largest absolute Gasteiger partial charge is 0.387 e. The molecule has 1 aliphatic rings. The molecule has 6 heteroatoms. The van der Waals surface area contributed by atoms with E-state index in [1.54, 1.807) is 0 Å². The van der Waals surface area contributed by atoms with Crippen molar-refractivity contribution < 1.29 is 9.84 Å². The number of nitrogens with zero attached hydrogens (tertiary/aromatic N) is 2. The van der Waals surface area contributed by atoms with Crippen LogP contribution in [0.15, 0.2) is 42.7 Å². The highest BCUT2D eigenvalue weighted by atomic mass is 16.5. The summed E-state index contributed by atoms with van der Waals surface area (Å²) in [4.78, 5) is 8.43. The molecule has 0 spiro atoms. The van der Waals surface area contributed by atoms with Crippen LogP contribution in [-0.2, 0) is 4.74 Å². The molecule has 2 atom stereocenters. The monoisotopic (exact) mass is 314 g/mol. The van der Waals surface area contributed by atoms with E-state index in [1.165, 1.54) is 6.33 Å². The molecule has 1 aromatic carbocycles. The van der Waals surface area contributed by atoms with E-state index >= 15 is 0 Å². The van der Waals surface area contributed by atoms with Crippen molar-refractivity contribution >= 4 is 11.6 Å². The summed E-state index contributed by atoms with van der Waals surface area (Å²) in [5, 5.41) is 16.7. The highest BCUT2D eigenvalue weighted by molar-refractivity contribution is 5.47. The topological polar surface area (TPSA) is 79.3 Å². The average Bonchev–Trinajstić information content (AvgIpc) is 2.62. The Morgan fingerprint density at radius 1 is 1.22 bits per heavy atom. The minimum absolute atomic E-state index is 0.293. The van der Waals surface area contributed by atoms with Crippen LogP contribution >= 0.6 is 0 Å². The van der Waals surface area contributed by atoms with Gasteiger partial charge in [-0.05, 0) is 18.4 Å². The van der Waals surface area contributed by atoms with E-state index < -0.39 is 6.10 Å². The maximum atomic E-state index is 10.2. The molecular formula is C17H22N4O2. The van der Waals surface area contributed by atoms with Crippen LogP contribution in [0.1, 0.15) is 24.5 Å². The molecule has 0 amide bonds. The lowest BCUT2D eigenvalue weighted by Gasteiger charge is -2.23. The lowest BCUT2D eigenvalue weighted by atomic mass is 10.1. The first-order valence-corrected chi connectivity index (χ1v) is 7.94. The van der Waals surface area contributed by atoms with Crippen molar-refractivity contribution in [1.29, 1.82) is 0 Å². The third-order valence-corrected chi connectivity index (χ3v) is 3.84. The van der Waals surface area contributed by atoms with Crippen molar-refractivity contribution in [2.24, 2.45) is 0 Å². The van der Waals surface area contributed by atoms with Crippen LogP contribution in [0.5, 0.6) is 0 Å². The van der Waals surface area contributed by atoms with Gasteiger partial charge in [0, 0.05) is 19.2 Å². The number of anilines is 2. The summed E-state index contributed by atoms with van der Waals surface area (Å²) in [7, 11) is 0. The fraction of sp³-hybridized carbons (Fsp3) is 0.412. The Labute approximate surface area is 135 Å². The Morgan fingerprint density at radius 3 is 2.83 bits per heavy atom. The molecule has 1 aliphatic heterocycles. The molecule has 23 heavy (non-hydrogen) atoms. The van der Waals surface area contributed by atoms with Crippen LogP contribution in [0.4, 0.5) is 11.6 Å². The molecule has 0 bridgehead atoms. The van der Waals surface area contributed by atoms with Crippen molar-refractivity contribution in [3.8, 4) is 0 Å². The molecular weight excluding hydrogens is 292 g/mol. The number of nitrogens with one attached hydrogen (secondary N) is 2. The summed E-state index contributed by atoms with van der Waals surface area (Å²) in [6.45, 7) is 1.94. The second-order valence-corrected chi connectivity index (χ2v) is 5.65. The number of aromatic nitrogens is 2. The van der Waals surface area contributed by atoms with Gasteiger partial charge in [0.1, 0.15) is 18.0 Å². The Bertz CT molecular complexity index is 603. The molecule has 2 aromatic rings. The highest BCUT2D eigenvalue weighted by Gasteiger charge is 2.14. The molecule has 0 unspecified atom stereocenters. The molecule has 3 N–H and O–H groups in total. The maximum absolute atomic E-state index is 10.2. The van der Waals surface area contributed by atoms with Crippen LogP contribution in [0.3, 0.4) is 0 Å². The molecule has 1 fully saturated rings. The highest BCUT2D eigenvalue weighted by Crippen LogP contribution is 2.16. The predicted octanol–water partition coefficient (Wildman–Crippen LogP) is 2.21. The van der Waals surface area contributed by atoms with Crippen LogP contribution in [0.25, 0.3) is 0 Å². The van der Waals surface area contributed by atoms with E-state index in [0.29, 0.717) is 25.0 Å². The fourth-order valence-corrected chi connectivity index (χ4v) is 2.59. The summed E-state index contributed by atoms with van der Waals surface area (Å²) in [5.41, 5.74) is 0.881. The molecule has 0 saturated carbocycles. The van der Waals surface area contributed by atoms with Crippen molar-refractivity contribution in [1.82, 2.24) is 9.97 Å². The van der Waals surface area contributed by atoms with Gasteiger partial charge in [-0.25, -0.2) is 9.97 Å². The van der Waals surface area contributed by atoms with Crippen molar-refractivity contribution in [2.75, 3.05) is 30.4 Å². The minimum atomic E-state index is -0.575. The number of benzene rings is 1. The van der Waals surface area contributed by atoms with Crippen molar-refractivity contribution in [2.45, 2.75) is 25.0 Å². The van der Waals surface area contributed by atoms with Crippen LogP contribution in [0.2, 0.25) is 0 Å².